The molecule has 1 saturated heterocycles. The van der Waals surface area contributed by atoms with Crippen molar-refractivity contribution >= 4 is 17.2 Å². The highest BCUT2D eigenvalue weighted by molar-refractivity contribution is 7.14. The van der Waals surface area contributed by atoms with Crippen molar-refractivity contribution in [3.63, 3.8) is 0 Å². The van der Waals surface area contributed by atoms with Crippen molar-refractivity contribution in [3.8, 4) is 5.75 Å². The summed E-state index contributed by atoms with van der Waals surface area (Å²) in [5.74, 6) is 0.847. The lowest BCUT2D eigenvalue weighted by Crippen LogP contribution is -2.43. The first-order chi connectivity index (χ1) is 13.1. The van der Waals surface area contributed by atoms with Crippen LogP contribution >= 0.6 is 11.3 Å². The number of benzene rings is 1. The average molecular weight is 389 g/mol. The highest BCUT2D eigenvalue weighted by Gasteiger charge is 2.24. The van der Waals surface area contributed by atoms with Crippen molar-refractivity contribution in [2.45, 2.75) is 26.3 Å². The molecule has 2 heterocycles. The number of carbonyl (C=O) groups excluding carboxylic acids is 1. The third-order valence-electron chi connectivity index (χ3n) is 5.07. The minimum atomic E-state index is 0.00886. The summed E-state index contributed by atoms with van der Waals surface area (Å²) < 4.78 is 10.8. The first kappa shape index (κ1) is 19.9. The summed E-state index contributed by atoms with van der Waals surface area (Å²) in [5.41, 5.74) is 2.43. The molecule has 1 amide bonds. The molecule has 0 aliphatic carbocycles. The van der Waals surface area contributed by atoms with E-state index in [1.165, 1.54) is 16.0 Å². The molecule has 0 radical (unpaired) electrons. The lowest BCUT2D eigenvalue weighted by molar-refractivity contribution is 0.0162. The van der Waals surface area contributed by atoms with Crippen LogP contribution in [-0.2, 0) is 11.2 Å². The molecule has 5 nitrogen and oxygen atoms in total. The Morgan fingerprint density at radius 3 is 2.59 bits per heavy atom. The van der Waals surface area contributed by atoms with Gasteiger partial charge >= 0.3 is 0 Å². The molecular formula is C21H28N2O3S. The van der Waals surface area contributed by atoms with Gasteiger partial charge in [0.2, 0.25) is 0 Å². The average Bonchev–Trinajstić information content (AvgIpc) is 3.10. The van der Waals surface area contributed by atoms with Crippen LogP contribution in [0.25, 0.3) is 0 Å². The number of nitrogens with zero attached hydrogens (tertiary/aromatic N) is 1. The number of morpholine rings is 1. The minimum absolute atomic E-state index is 0.00886. The molecule has 0 spiro atoms. The zero-order chi connectivity index (χ0) is 19.2. The van der Waals surface area contributed by atoms with Crippen LogP contribution in [0.3, 0.4) is 0 Å². The molecule has 1 unspecified atom stereocenters. The summed E-state index contributed by atoms with van der Waals surface area (Å²) in [4.78, 5) is 17.1. The maximum absolute atomic E-state index is 12.7. The predicted octanol–water partition coefficient (Wildman–Crippen LogP) is 3.43. The summed E-state index contributed by atoms with van der Waals surface area (Å²) >= 11 is 1.57. The van der Waals surface area contributed by atoms with E-state index in [1.54, 1.807) is 18.4 Å². The molecule has 2 aromatic rings. The van der Waals surface area contributed by atoms with Crippen LogP contribution in [-0.4, -0.2) is 50.8 Å². The molecule has 1 atom stereocenters. The number of amides is 1. The Hall–Kier alpha value is -1.89. The van der Waals surface area contributed by atoms with Gasteiger partial charge in [-0.3, -0.25) is 9.69 Å². The van der Waals surface area contributed by atoms with Gasteiger partial charge in [-0.25, -0.2) is 0 Å². The van der Waals surface area contributed by atoms with Crippen molar-refractivity contribution in [3.05, 3.63) is 51.2 Å². The number of nitrogens with one attached hydrogen (secondary N) is 1. The minimum Gasteiger partial charge on any atom is -0.497 e. The lowest BCUT2D eigenvalue weighted by Gasteiger charge is -2.35. The molecule has 0 saturated carbocycles. The van der Waals surface area contributed by atoms with Gasteiger partial charge in [-0.1, -0.05) is 19.1 Å². The topological polar surface area (TPSA) is 50.8 Å². The third-order valence-corrected chi connectivity index (χ3v) is 6.16. The second-order valence-corrected chi connectivity index (χ2v) is 7.95. The van der Waals surface area contributed by atoms with Crippen molar-refractivity contribution < 1.29 is 14.3 Å². The van der Waals surface area contributed by atoms with Gasteiger partial charge in [-0.15, -0.1) is 11.3 Å². The number of methoxy groups -OCH3 is 1. The van der Waals surface area contributed by atoms with Crippen LogP contribution in [0.5, 0.6) is 5.75 Å². The van der Waals surface area contributed by atoms with Gasteiger partial charge < -0.3 is 14.8 Å². The molecule has 1 aliphatic heterocycles. The Morgan fingerprint density at radius 2 is 2.00 bits per heavy atom. The third kappa shape index (κ3) is 4.89. The monoisotopic (exact) mass is 388 g/mol. The van der Waals surface area contributed by atoms with E-state index in [-0.39, 0.29) is 11.9 Å². The summed E-state index contributed by atoms with van der Waals surface area (Å²) in [5, 5.41) is 3.15. The summed E-state index contributed by atoms with van der Waals surface area (Å²) in [6.07, 6.45) is 0.956. The Labute approximate surface area is 165 Å². The Bertz CT molecular complexity index is 751. The van der Waals surface area contributed by atoms with E-state index in [0.29, 0.717) is 6.54 Å². The number of ether oxygens (including phenoxy) is 2. The number of carbonyl (C=O) groups is 1. The molecule has 1 N–H and O–H groups in total. The summed E-state index contributed by atoms with van der Waals surface area (Å²) in [6, 6.07) is 10.2. The molecule has 0 bridgehead atoms. The summed E-state index contributed by atoms with van der Waals surface area (Å²) in [6.45, 7) is 7.96. The molecule has 3 rings (SSSR count). The molecule has 1 aromatic heterocycles. The van der Waals surface area contributed by atoms with Crippen LogP contribution in [0.15, 0.2) is 30.3 Å². The highest BCUT2D eigenvalue weighted by atomic mass is 32.1. The Kier molecular flexibility index (Phi) is 6.88. The van der Waals surface area contributed by atoms with Gasteiger partial charge in [0.15, 0.2) is 0 Å². The van der Waals surface area contributed by atoms with E-state index >= 15 is 0 Å². The van der Waals surface area contributed by atoms with Crippen LogP contribution < -0.4 is 10.1 Å². The maximum Gasteiger partial charge on any atom is 0.261 e. The molecule has 27 heavy (non-hydrogen) atoms. The first-order valence-corrected chi connectivity index (χ1v) is 10.3. The Balaban J connectivity index is 1.72. The normalized spacial score (nSPS) is 16.1. The number of hydrogen-bond acceptors (Lipinski definition) is 5. The van der Waals surface area contributed by atoms with Crippen LogP contribution in [0.4, 0.5) is 0 Å². The van der Waals surface area contributed by atoms with E-state index in [0.717, 1.165) is 43.4 Å². The molecule has 1 aliphatic rings. The van der Waals surface area contributed by atoms with E-state index in [1.807, 2.05) is 18.2 Å². The largest absolute Gasteiger partial charge is 0.497 e. The molecular weight excluding hydrogens is 360 g/mol. The lowest BCUT2D eigenvalue weighted by atomic mass is 10.0. The summed E-state index contributed by atoms with van der Waals surface area (Å²) in [7, 11) is 1.67. The Morgan fingerprint density at radius 1 is 1.30 bits per heavy atom. The van der Waals surface area contributed by atoms with E-state index < -0.39 is 0 Å². The standard InChI is InChI=1S/C21H28N2O3S/c1-4-16-13-20(27-15(16)2)21(24)22-14-19(23-9-11-26-12-10-23)17-5-7-18(25-3)8-6-17/h5-8,13,19H,4,9-12,14H2,1-3H3,(H,22,24). The zero-order valence-corrected chi connectivity index (χ0v) is 17.1. The van der Waals surface area contributed by atoms with Gasteiger partial charge in [0, 0.05) is 24.5 Å². The number of thiophene rings is 1. The molecule has 1 aromatic carbocycles. The van der Waals surface area contributed by atoms with E-state index in [4.69, 9.17) is 9.47 Å². The number of rotatable bonds is 7. The van der Waals surface area contributed by atoms with Crippen molar-refractivity contribution in [1.29, 1.82) is 0 Å². The van der Waals surface area contributed by atoms with Gasteiger partial charge in [-0.2, -0.15) is 0 Å². The smallest absolute Gasteiger partial charge is 0.261 e. The van der Waals surface area contributed by atoms with Gasteiger partial charge in [0.25, 0.3) is 5.91 Å². The van der Waals surface area contributed by atoms with Crippen LogP contribution in [0.2, 0.25) is 0 Å². The van der Waals surface area contributed by atoms with Gasteiger partial charge in [0.05, 0.1) is 31.2 Å². The number of hydrogen-bond donors (Lipinski definition) is 1. The first-order valence-electron chi connectivity index (χ1n) is 9.45. The molecule has 6 heteroatoms. The number of aryl methyl sites for hydroxylation is 2. The predicted molar refractivity (Wildman–Crippen MR) is 109 cm³/mol. The maximum atomic E-state index is 12.7. The second kappa shape index (κ2) is 9.35. The van der Waals surface area contributed by atoms with Crippen molar-refractivity contribution in [2.24, 2.45) is 0 Å². The van der Waals surface area contributed by atoms with Gasteiger partial charge in [-0.05, 0) is 42.7 Å². The van der Waals surface area contributed by atoms with E-state index in [9.17, 15) is 4.79 Å². The van der Waals surface area contributed by atoms with Gasteiger partial charge in [0.1, 0.15) is 5.75 Å². The second-order valence-electron chi connectivity index (χ2n) is 6.69. The van der Waals surface area contributed by atoms with Crippen molar-refractivity contribution in [2.75, 3.05) is 40.0 Å². The van der Waals surface area contributed by atoms with Crippen molar-refractivity contribution in [1.82, 2.24) is 10.2 Å². The fraction of sp³-hybridized carbons (Fsp3) is 0.476. The van der Waals surface area contributed by atoms with Crippen LogP contribution in [0.1, 0.15) is 38.6 Å². The van der Waals surface area contributed by atoms with Crippen LogP contribution in [0, 0.1) is 6.92 Å². The fourth-order valence-electron chi connectivity index (χ4n) is 3.43. The molecule has 146 valence electrons. The highest BCUT2D eigenvalue weighted by Crippen LogP contribution is 2.25. The zero-order valence-electron chi connectivity index (χ0n) is 16.3. The quantitative estimate of drug-likeness (QED) is 0.790. The SMILES string of the molecule is CCc1cc(C(=O)NCC(c2ccc(OC)cc2)N2CCOCC2)sc1C. The van der Waals surface area contributed by atoms with E-state index in [2.05, 4.69) is 36.2 Å². The fourth-order valence-corrected chi connectivity index (χ4v) is 4.46. The molecule has 1 fully saturated rings.